The summed E-state index contributed by atoms with van der Waals surface area (Å²) in [5.74, 6) is 0.0253. The zero-order chi connectivity index (χ0) is 13.7. The summed E-state index contributed by atoms with van der Waals surface area (Å²) in [4.78, 5) is 24.0. The first-order chi connectivity index (χ1) is 9.17. The summed E-state index contributed by atoms with van der Waals surface area (Å²) in [7, 11) is 0. The van der Waals surface area contributed by atoms with Gasteiger partial charge in [0.2, 0.25) is 11.8 Å². The van der Waals surface area contributed by atoms with Crippen LogP contribution in [0, 0.1) is 11.3 Å². The molecule has 6 heteroatoms. The largest absolute Gasteiger partial charge is 0.492 e. The number of hydrogen-bond acceptors (Lipinski definition) is 5. The maximum Gasteiger partial charge on any atom is 0.240 e. The van der Waals surface area contributed by atoms with Crippen molar-refractivity contribution in [2.24, 2.45) is 0 Å². The lowest BCUT2D eigenvalue weighted by Crippen LogP contribution is -2.52. The lowest BCUT2D eigenvalue weighted by molar-refractivity contribution is -0.136. The predicted molar refractivity (Wildman–Crippen MR) is 66.2 cm³/mol. The second-order valence-electron chi connectivity index (χ2n) is 4.17. The molecule has 1 aromatic rings. The first-order valence-corrected chi connectivity index (χ1v) is 5.85. The molecule has 19 heavy (non-hydrogen) atoms. The zero-order valence-corrected chi connectivity index (χ0v) is 10.3. The van der Waals surface area contributed by atoms with E-state index >= 15 is 0 Å². The van der Waals surface area contributed by atoms with Crippen LogP contribution in [-0.4, -0.2) is 43.0 Å². The van der Waals surface area contributed by atoms with Gasteiger partial charge in [-0.1, -0.05) is 6.07 Å². The van der Waals surface area contributed by atoms with Crippen LogP contribution in [0.15, 0.2) is 24.3 Å². The maximum atomic E-state index is 11.2. The number of benzene rings is 1. The molecule has 0 aromatic heterocycles. The number of amides is 2. The number of imide groups is 1. The molecule has 1 fully saturated rings. The predicted octanol–water partition coefficient (Wildman–Crippen LogP) is -0.105. The lowest BCUT2D eigenvalue weighted by atomic mass is 10.2. The molecule has 1 aliphatic heterocycles. The average Bonchev–Trinajstić information content (AvgIpc) is 2.38. The van der Waals surface area contributed by atoms with Crippen molar-refractivity contribution in [2.75, 3.05) is 26.2 Å². The van der Waals surface area contributed by atoms with Gasteiger partial charge in [-0.05, 0) is 18.2 Å². The minimum atomic E-state index is -0.289. The molecule has 1 aromatic carbocycles. The lowest BCUT2D eigenvalue weighted by Gasteiger charge is -2.24. The summed E-state index contributed by atoms with van der Waals surface area (Å²) < 4.78 is 5.49. The molecule has 1 N–H and O–H groups in total. The molecule has 0 radical (unpaired) electrons. The van der Waals surface area contributed by atoms with E-state index in [-0.39, 0.29) is 24.9 Å². The Labute approximate surface area is 110 Å². The Kier molecular flexibility index (Phi) is 4.11. The number of nitriles is 1. The molecular formula is C13H13N3O3. The Hall–Kier alpha value is -2.39. The van der Waals surface area contributed by atoms with E-state index in [2.05, 4.69) is 5.32 Å². The van der Waals surface area contributed by atoms with Crippen LogP contribution in [-0.2, 0) is 9.59 Å². The Morgan fingerprint density at radius 3 is 2.74 bits per heavy atom. The van der Waals surface area contributed by atoms with Crippen LogP contribution in [0.1, 0.15) is 5.56 Å². The highest BCUT2D eigenvalue weighted by molar-refractivity contribution is 5.99. The van der Waals surface area contributed by atoms with E-state index in [1.165, 1.54) is 0 Å². The molecule has 0 bridgehead atoms. The molecule has 6 nitrogen and oxygen atoms in total. The van der Waals surface area contributed by atoms with Crippen molar-refractivity contribution < 1.29 is 14.3 Å². The van der Waals surface area contributed by atoms with Gasteiger partial charge < -0.3 is 4.74 Å². The number of nitrogens with zero attached hydrogens (tertiary/aromatic N) is 2. The molecule has 1 saturated heterocycles. The van der Waals surface area contributed by atoms with Gasteiger partial charge >= 0.3 is 0 Å². The summed E-state index contributed by atoms with van der Waals surface area (Å²) in [5, 5.41) is 11.0. The minimum absolute atomic E-state index is 0.202. The summed E-state index contributed by atoms with van der Waals surface area (Å²) in [6.45, 7) is 1.24. The van der Waals surface area contributed by atoms with Crippen LogP contribution in [0.25, 0.3) is 0 Å². The standard InChI is InChI=1S/C13H13N3O3/c14-7-10-2-1-3-11(6-10)19-5-4-16-8-12(17)15-13(18)9-16/h1-3,6H,4-5,8-9H2,(H,15,17,18). The van der Waals surface area contributed by atoms with Crippen LogP contribution in [0.2, 0.25) is 0 Å². The summed E-state index contributed by atoms with van der Waals surface area (Å²) in [5.41, 5.74) is 0.532. The Morgan fingerprint density at radius 2 is 2.05 bits per heavy atom. The van der Waals surface area contributed by atoms with Crippen LogP contribution in [0.4, 0.5) is 0 Å². The highest BCUT2D eigenvalue weighted by Crippen LogP contribution is 2.12. The van der Waals surface area contributed by atoms with E-state index in [1.54, 1.807) is 29.2 Å². The monoisotopic (exact) mass is 259 g/mol. The highest BCUT2D eigenvalue weighted by Gasteiger charge is 2.21. The smallest absolute Gasteiger partial charge is 0.240 e. The molecule has 2 rings (SSSR count). The van der Waals surface area contributed by atoms with Crippen LogP contribution in [0.5, 0.6) is 5.75 Å². The third-order valence-corrected chi connectivity index (χ3v) is 2.65. The van der Waals surface area contributed by atoms with Gasteiger partial charge in [0, 0.05) is 6.54 Å². The Morgan fingerprint density at radius 1 is 1.32 bits per heavy atom. The second kappa shape index (κ2) is 5.98. The van der Waals surface area contributed by atoms with Gasteiger partial charge in [0.05, 0.1) is 24.7 Å². The number of rotatable bonds is 4. The molecule has 0 aliphatic carbocycles. The van der Waals surface area contributed by atoms with Crippen molar-refractivity contribution in [3.8, 4) is 11.8 Å². The second-order valence-corrected chi connectivity index (χ2v) is 4.17. The van der Waals surface area contributed by atoms with Gasteiger partial charge in [0.1, 0.15) is 12.4 Å². The topological polar surface area (TPSA) is 82.4 Å². The van der Waals surface area contributed by atoms with Gasteiger partial charge in [0.15, 0.2) is 0 Å². The van der Waals surface area contributed by atoms with Gasteiger partial charge in [-0.15, -0.1) is 0 Å². The van der Waals surface area contributed by atoms with Crippen LogP contribution < -0.4 is 10.1 Å². The highest BCUT2D eigenvalue weighted by atomic mass is 16.5. The third kappa shape index (κ3) is 3.79. The minimum Gasteiger partial charge on any atom is -0.492 e. The molecule has 0 unspecified atom stereocenters. The molecule has 0 saturated carbocycles. The number of nitrogens with one attached hydrogen (secondary N) is 1. The van der Waals surface area contributed by atoms with E-state index in [0.29, 0.717) is 24.5 Å². The molecule has 0 spiro atoms. The van der Waals surface area contributed by atoms with E-state index < -0.39 is 0 Å². The molecule has 1 aliphatic rings. The summed E-state index contributed by atoms with van der Waals surface area (Å²) in [6.07, 6.45) is 0. The number of carbonyl (C=O) groups excluding carboxylic acids is 2. The van der Waals surface area contributed by atoms with E-state index in [0.717, 1.165) is 0 Å². The number of piperazine rings is 1. The quantitative estimate of drug-likeness (QED) is 0.763. The van der Waals surface area contributed by atoms with Crippen molar-refractivity contribution in [3.05, 3.63) is 29.8 Å². The summed E-state index contributed by atoms with van der Waals surface area (Å²) >= 11 is 0. The van der Waals surface area contributed by atoms with Crippen LogP contribution >= 0.6 is 0 Å². The molecule has 1 heterocycles. The van der Waals surface area contributed by atoms with Crippen molar-refractivity contribution >= 4 is 11.8 Å². The van der Waals surface area contributed by atoms with Gasteiger partial charge in [-0.25, -0.2) is 0 Å². The molecule has 98 valence electrons. The SMILES string of the molecule is N#Cc1cccc(OCCN2CC(=O)NC(=O)C2)c1. The van der Waals surface area contributed by atoms with E-state index in [4.69, 9.17) is 10.00 Å². The van der Waals surface area contributed by atoms with Gasteiger partial charge in [-0.3, -0.25) is 19.8 Å². The zero-order valence-electron chi connectivity index (χ0n) is 10.3. The third-order valence-electron chi connectivity index (χ3n) is 2.65. The van der Waals surface area contributed by atoms with Crippen LogP contribution in [0.3, 0.4) is 0 Å². The number of carbonyl (C=O) groups is 2. The normalized spacial score (nSPS) is 15.7. The first-order valence-electron chi connectivity index (χ1n) is 5.85. The fraction of sp³-hybridized carbons (Fsp3) is 0.308. The van der Waals surface area contributed by atoms with Gasteiger partial charge in [0.25, 0.3) is 0 Å². The van der Waals surface area contributed by atoms with E-state index in [1.807, 2.05) is 6.07 Å². The van der Waals surface area contributed by atoms with Crippen molar-refractivity contribution in [1.29, 1.82) is 5.26 Å². The Balaban J connectivity index is 1.81. The summed E-state index contributed by atoms with van der Waals surface area (Å²) in [6, 6.07) is 8.87. The number of ether oxygens (including phenoxy) is 1. The van der Waals surface area contributed by atoms with E-state index in [9.17, 15) is 9.59 Å². The van der Waals surface area contributed by atoms with Crippen molar-refractivity contribution in [1.82, 2.24) is 10.2 Å². The fourth-order valence-corrected chi connectivity index (χ4v) is 1.80. The molecule has 0 atom stereocenters. The van der Waals surface area contributed by atoms with Crippen molar-refractivity contribution in [3.63, 3.8) is 0 Å². The molecule has 2 amide bonds. The van der Waals surface area contributed by atoms with Crippen molar-refractivity contribution in [2.45, 2.75) is 0 Å². The maximum absolute atomic E-state index is 11.2. The fourth-order valence-electron chi connectivity index (χ4n) is 1.80. The first kappa shape index (κ1) is 13.1. The Bertz CT molecular complexity index is 520. The molecular weight excluding hydrogens is 246 g/mol. The number of hydrogen-bond donors (Lipinski definition) is 1. The van der Waals surface area contributed by atoms with Gasteiger partial charge in [-0.2, -0.15) is 5.26 Å². The average molecular weight is 259 g/mol.